The zero-order chi connectivity index (χ0) is 20.0. The van der Waals surface area contributed by atoms with Crippen molar-refractivity contribution < 1.29 is 13.5 Å². The molecule has 1 atom stereocenters. The number of sulfone groups is 1. The van der Waals surface area contributed by atoms with Crippen LogP contribution in [0.15, 0.2) is 44.2 Å². The number of piperazine rings is 1. The number of nitrogens with zero attached hydrogens (tertiary/aromatic N) is 3. The third-order valence-electron chi connectivity index (χ3n) is 4.40. The number of thiophene rings is 2. The van der Waals surface area contributed by atoms with E-state index in [2.05, 4.69) is 37.6 Å². The van der Waals surface area contributed by atoms with E-state index in [0.29, 0.717) is 6.54 Å². The third-order valence-corrected chi connectivity index (χ3v) is 8.61. The molecule has 1 saturated heterocycles. The van der Waals surface area contributed by atoms with Crippen molar-refractivity contribution in [3.63, 3.8) is 0 Å². The van der Waals surface area contributed by atoms with Crippen LogP contribution >= 0.6 is 22.7 Å². The van der Waals surface area contributed by atoms with Gasteiger partial charge in [-0.25, -0.2) is 8.42 Å². The molecule has 0 spiro atoms. The van der Waals surface area contributed by atoms with E-state index in [1.54, 1.807) is 28.8 Å². The molecule has 1 unspecified atom stereocenters. The lowest BCUT2D eigenvalue weighted by Crippen LogP contribution is -2.52. The molecule has 0 radical (unpaired) electrons. The fourth-order valence-electron chi connectivity index (χ4n) is 3.03. The first-order valence-electron chi connectivity index (χ1n) is 9.25. The Labute approximate surface area is 174 Å². The van der Waals surface area contributed by atoms with Gasteiger partial charge in [-0.05, 0) is 35.9 Å². The molecule has 2 aromatic rings. The lowest BCUT2D eigenvalue weighted by molar-refractivity contribution is 0.205. The second-order valence-corrected chi connectivity index (χ2v) is 10.6. The van der Waals surface area contributed by atoms with Gasteiger partial charge in [0.1, 0.15) is 4.21 Å². The Balaban J connectivity index is 1.57. The molecule has 7 nitrogen and oxygen atoms in total. The molecular formula is C18H26N4O3S3. The van der Waals surface area contributed by atoms with Crippen LogP contribution in [0, 0.1) is 0 Å². The van der Waals surface area contributed by atoms with Crippen LogP contribution in [0.5, 0.6) is 0 Å². The standard InChI is InChI=1S/C18H26N4O3S3/c1-2-19-18(22-9-7-21(8-10-22)16-5-3-11-26-16)20-13-15(23)14-28(24,25)17-6-4-12-27-17/h3-6,11-12,15,23H,2,7-10,13-14H2,1H3,(H,19,20). The van der Waals surface area contributed by atoms with E-state index in [1.165, 1.54) is 16.3 Å². The molecule has 154 valence electrons. The van der Waals surface area contributed by atoms with Crippen LogP contribution in [0.3, 0.4) is 0 Å². The van der Waals surface area contributed by atoms with Crippen molar-refractivity contribution in [3.05, 3.63) is 35.0 Å². The summed E-state index contributed by atoms with van der Waals surface area (Å²) in [5, 5.41) is 18.6. The molecule has 0 bridgehead atoms. The van der Waals surface area contributed by atoms with E-state index in [4.69, 9.17) is 0 Å². The first-order valence-corrected chi connectivity index (χ1v) is 12.7. The van der Waals surface area contributed by atoms with E-state index in [0.717, 1.165) is 32.1 Å². The normalized spacial score (nSPS) is 17.0. The third kappa shape index (κ3) is 5.47. The minimum absolute atomic E-state index is 0.0536. The number of guanidine groups is 1. The smallest absolute Gasteiger partial charge is 0.194 e. The van der Waals surface area contributed by atoms with Crippen molar-refractivity contribution in [1.82, 2.24) is 10.2 Å². The largest absolute Gasteiger partial charge is 0.390 e. The molecule has 0 saturated carbocycles. The molecule has 10 heteroatoms. The van der Waals surface area contributed by atoms with Gasteiger partial charge in [0.25, 0.3) is 0 Å². The molecule has 0 aliphatic carbocycles. The Morgan fingerprint density at radius 1 is 1.21 bits per heavy atom. The van der Waals surface area contributed by atoms with Gasteiger partial charge in [0.05, 0.1) is 23.4 Å². The number of anilines is 1. The Morgan fingerprint density at radius 3 is 2.54 bits per heavy atom. The van der Waals surface area contributed by atoms with Gasteiger partial charge in [-0.3, -0.25) is 4.99 Å². The zero-order valence-corrected chi connectivity index (χ0v) is 18.3. The molecule has 0 aromatic carbocycles. The lowest BCUT2D eigenvalue weighted by Gasteiger charge is -2.37. The summed E-state index contributed by atoms with van der Waals surface area (Å²) in [7, 11) is -3.47. The first-order chi connectivity index (χ1) is 13.5. The minimum atomic E-state index is -3.47. The van der Waals surface area contributed by atoms with E-state index in [1.807, 2.05) is 6.92 Å². The lowest BCUT2D eigenvalue weighted by atomic mass is 10.3. The summed E-state index contributed by atoms with van der Waals surface area (Å²) < 4.78 is 24.9. The highest BCUT2D eigenvalue weighted by molar-refractivity contribution is 7.93. The summed E-state index contributed by atoms with van der Waals surface area (Å²) in [6.45, 7) is 6.22. The van der Waals surface area contributed by atoms with Gasteiger partial charge in [-0.1, -0.05) is 6.07 Å². The molecule has 3 rings (SSSR count). The number of aliphatic hydroxyl groups is 1. The molecule has 1 aliphatic rings. The van der Waals surface area contributed by atoms with Crippen molar-refractivity contribution in [2.45, 2.75) is 17.2 Å². The topological polar surface area (TPSA) is 85.2 Å². The molecule has 1 aliphatic heterocycles. The van der Waals surface area contributed by atoms with Crippen molar-refractivity contribution in [3.8, 4) is 0 Å². The summed E-state index contributed by atoms with van der Waals surface area (Å²) in [6.07, 6.45) is -1.03. The second-order valence-electron chi connectivity index (χ2n) is 6.49. The van der Waals surface area contributed by atoms with Gasteiger partial charge >= 0.3 is 0 Å². The SMILES string of the molecule is CCNC(=NCC(O)CS(=O)(=O)c1cccs1)N1CCN(c2cccs2)CC1. The summed E-state index contributed by atoms with van der Waals surface area (Å²) in [5.41, 5.74) is 0. The van der Waals surface area contributed by atoms with Crippen LogP contribution in [0.25, 0.3) is 0 Å². The maximum atomic E-state index is 12.3. The zero-order valence-electron chi connectivity index (χ0n) is 15.8. The molecule has 0 amide bonds. The predicted octanol–water partition coefficient (Wildman–Crippen LogP) is 1.73. The van der Waals surface area contributed by atoms with Gasteiger partial charge in [-0.2, -0.15) is 0 Å². The van der Waals surface area contributed by atoms with Gasteiger partial charge in [0.2, 0.25) is 0 Å². The predicted molar refractivity (Wildman–Crippen MR) is 116 cm³/mol. The highest BCUT2D eigenvalue weighted by Crippen LogP contribution is 2.22. The maximum absolute atomic E-state index is 12.3. The van der Waals surface area contributed by atoms with Crippen LogP contribution in [0.2, 0.25) is 0 Å². The van der Waals surface area contributed by atoms with Crippen molar-refractivity contribution in [2.75, 3.05) is 49.9 Å². The van der Waals surface area contributed by atoms with Crippen molar-refractivity contribution in [1.29, 1.82) is 0 Å². The van der Waals surface area contributed by atoms with E-state index < -0.39 is 15.9 Å². The molecule has 2 aromatic heterocycles. The molecule has 2 N–H and O–H groups in total. The summed E-state index contributed by atoms with van der Waals surface area (Å²) in [5.74, 6) is 0.406. The van der Waals surface area contributed by atoms with Crippen molar-refractivity contribution in [2.24, 2.45) is 4.99 Å². The van der Waals surface area contributed by atoms with E-state index in [9.17, 15) is 13.5 Å². The number of nitrogens with one attached hydrogen (secondary N) is 1. The van der Waals surface area contributed by atoms with Crippen LogP contribution < -0.4 is 10.2 Å². The van der Waals surface area contributed by atoms with Crippen LogP contribution in [0.4, 0.5) is 5.00 Å². The minimum Gasteiger partial charge on any atom is -0.390 e. The molecular weight excluding hydrogens is 416 g/mol. The number of aliphatic hydroxyl groups excluding tert-OH is 1. The van der Waals surface area contributed by atoms with Gasteiger partial charge < -0.3 is 20.2 Å². The Hall–Kier alpha value is -1.62. The highest BCUT2D eigenvalue weighted by Gasteiger charge is 2.23. The van der Waals surface area contributed by atoms with Crippen LogP contribution in [-0.2, 0) is 9.84 Å². The quantitative estimate of drug-likeness (QED) is 0.502. The summed E-state index contributed by atoms with van der Waals surface area (Å²) >= 11 is 2.91. The van der Waals surface area contributed by atoms with E-state index in [-0.39, 0.29) is 16.5 Å². The number of hydrogen-bond acceptors (Lipinski definition) is 7. The van der Waals surface area contributed by atoms with E-state index >= 15 is 0 Å². The fourth-order valence-corrected chi connectivity index (χ4v) is 6.29. The molecule has 28 heavy (non-hydrogen) atoms. The molecule has 3 heterocycles. The Bertz CT molecular complexity index is 843. The maximum Gasteiger partial charge on any atom is 0.194 e. The van der Waals surface area contributed by atoms with Crippen LogP contribution in [0.1, 0.15) is 6.92 Å². The average molecular weight is 443 g/mol. The van der Waals surface area contributed by atoms with Gasteiger partial charge in [-0.15, -0.1) is 22.7 Å². The monoisotopic (exact) mass is 442 g/mol. The Kier molecular flexibility index (Phi) is 7.33. The summed E-state index contributed by atoms with van der Waals surface area (Å²) in [4.78, 5) is 9.01. The average Bonchev–Trinajstić information content (AvgIpc) is 3.39. The number of hydrogen-bond donors (Lipinski definition) is 2. The van der Waals surface area contributed by atoms with Gasteiger partial charge in [0, 0.05) is 32.7 Å². The highest BCUT2D eigenvalue weighted by atomic mass is 32.2. The van der Waals surface area contributed by atoms with Gasteiger partial charge in [0.15, 0.2) is 15.8 Å². The summed E-state index contributed by atoms with van der Waals surface area (Å²) in [6, 6.07) is 7.45. The number of rotatable bonds is 7. The fraction of sp³-hybridized carbons (Fsp3) is 0.500. The second kappa shape index (κ2) is 9.73. The number of aliphatic imine (C=N–C) groups is 1. The Morgan fingerprint density at radius 2 is 1.93 bits per heavy atom. The van der Waals surface area contributed by atoms with Crippen LogP contribution in [-0.4, -0.2) is 75.5 Å². The first kappa shape index (κ1) is 21.1. The van der Waals surface area contributed by atoms with Crippen molar-refractivity contribution >= 4 is 43.5 Å². The molecule has 1 fully saturated rings.